The zero-order chi connectivity index (χ0) is 13.4. The van der Waals surface area contributed by atoms with Crippen LogP contribution in [0.1, 0.15) is 10.4 Å². The van der Waals surface area contributed by atoms with Gasteiger partial charge in [0.1, 0.15) is 5.82 Å². The summed E-state index contributed by atoms with van der Waals surface area (Å²) in [6.45, 7) is 0. The zero-order valence-corrected chi connectivity index (χ0v) is 10.5. The van der Waals surface area contributed by atoms with E-state index in [0.29, 0.717) is 27.2 Å². The van der Waals surface area contributed by atoms with E-state index in [-0.39, 0.29) is 5.82 Å². The molecule has 94 valence electrons. The van der Waals surface area contributed by atoms with Gasteiger partial charge in [0.25, 0.3) is 0 Å². The van der Waals surface area contributed by atoms with Crippen LogP contribution >= 0.6 is 11.6 Å². The van der Waals surface area contributed by atoms with E-state index in [1.165, 1.54) is 6.07 Å². The standard InChI is InChI=1S/C15H9ClFNO/c16-9-5-6-14-11(7-9)12(8-19)15(18-14)10-3-1-2-4-13(10)17/h1-8,18H. The number of halogens is 2. The van der Waals surface area contributed by atoms with Gasteiger partial charge in [-0.2, -0.15) is 0 Å². The molecule has 3 rings (SSSR count). The van der Waals surface area contributed by atoms with Crippen LogP contribution in [0.25, 0.3) is 22.2 Å². The van der Waals surface area contributed by atoms with E-state index in [9.17, 15) is 9.18 Å². The molecular formula is C15H9ClFNO. The molecule has 0 aliphatic rings. The lowest BCUT2D eigenvalue weighted by Crippen LogP contribution is -1.88. The highest BCUT2D eigenvalue weighted by molar-refractivity contribution is 6.31. The highest BCUT2D eigenvalue weighted by atomic mass is 35.5. The van der Waals surface area contributed by atoms with Crippen molar-refractivity contribution < 1.29 is 9.18 Å². The minimum Gasteiger partial charge on any atom is -0.354 e. The van der Waals surface area contributed by atoms with Crippen LogP contribution in [-0.4, -0.2) is 11.3 Å². The van der Waals surface area contributed by atoms with Crippen LogP contribution in [0.3, 0.4) is 0 Å². The molecule has 0 radical (unpaired) electrons. The first-order chi connectivity index (χ1) is 9.20. The zero-order valence-electron chi connectivity index (χ0n) is 9.78. The normalized spacial score (nSPS) is 10.8. The number of benzene rings is 2. The summed E-state index contributed by atoms with van der Waals surface area (Å²) in [6, 6.07) is 11.5. The van der Waals surface area contributed by atoms with Crippen LogP contribution in [0.5, 0.6) is 0 Å². The molecule has 1 N–H and O–H groups in total. The molecular weight excluding hydrogens is 265 g/mol. The molecule has 1 aromatic heterocycles. The van der Waals surface area contributed by atoms with Crippen LogP contribution < -0.4 is 0 Å². The molecule has 19 heavy (non-hydrogen) atoms. The van der Waals surface area contributed by atoms with Crippen molar-refractivity contribution in [2.24, 2.45) is 0 Å². The Labute approximate surface area is 113 Å². The van der Waals surface area contributed by atoms with E-state index in [4.69, 9.17) is 11.6 Å². The molecule has 0 unspecified atom stereocenters. The van der Waals surface area contributed by atoms with Gasteiger partial charge in [0, 0.05) is 27.1 Å². The van der Waals surface area contributed by atoms with Gasteiger partial charge in [-0.25, -0.2) is 4.39 Å². The highest BCUT2D eigenvalue weighted by Crippen LogP contribution is 2.31. The van der Waals surface area contributed by atoms with E-state index in [0.717, 1.165) is 11.8 Å². The van der Waals surface area contributed by atoms with Crippen molar-refractivity contribution in [3.05, 3.63) is 58.9 Å². The Hall–Kier alpha value is -2.13. The number of rotatable bonds is 2. The van der Waals surface area contributed by atoms with E-state index in [1.807, 2.05) is 0 Å². The molecule has 4 heteroatoms. The van der Waals surface area contributed by atoms with Crippen molar-refractivity contribution >= 4 is 28.8 Å². The second kappa shape index (κ2) is 4.52. The van der Waals surface area contributed by atoms with E-state index in [1.54, 1.807) is 36.4 Å². The number of carbonyl (C=O) groups excluding carboxylic acids is 1. The van der Waals surface area contributed by atoms with Crippen molar-refractivity contribution in [2.75, 3.05) is 0 Å². The summed E-state index contributed by atoms with van der Waals surface area (Å²) in [7, 11) is 0. The third-order valence-electron chi connectivity index (χ3n) is 3.06. The summed E-state index contributed by atoms with van der Waals surface area (Å²) < 4.78 is 13.8. The number of nitrogens with one attached hydrogen (secondary N) is 1. The number of aromatic nitrogens is 1. The fraction of sp³-hybridized carbons (Fsp3) is 0. The average Bonchev–Trinajstić information content (AvgIpc) is 2.76. The van der Waals surface area contributed by atoms with Crippen molar-refractivity contribution in [3.8, 4) is 11.3 Å². The molecule has 0 amide bonds. The molecule has 0 bridgehead atoms. The minimum atomic E-state index is -0.372. The topological polar surface area (TPSA) is 32.9 Å². The smallest absolute Gasteiger partial charge is 0.152 e. The van der Waals surface area contributed by atoms with Crippen LogP contribution in [0.2, 0.25) is 5.02 Å². The van der Waals surface area contributed by atoms with E-state index >= 15 is 0 Å². The average molecular weight is 274 g/mol. The van der Waals surface area contributed by atoms with Gasteiger partial charge in [-0.15, -0.1) is 0 Å². The van der Waals surface area contributed by atoms with Crippen LogP contribution in [0.15, 0.2) is 42.5 Å². The van der Waals surface area contributed by atoms with Gasteiger partial charge in [0.15, 0.2) is 6.29 Å². The number of aldehydes is 1. The summed E-state index contributed by atoms with van der Waals surface area (Å²) >= 11 is 5.93. The van der Waals surface area contributed by atoms with Crippen molar-refractivity contribution in [1.82, 2.24) is 4.98 Å². The predicted octanol–water partition coefficient (Wildman–Crippen LogP) is 4.44. The lowest BCUT2D eigenvalue weighted by atomic mass is 10.1. The Morgan fingerprint density at radius 1 is 1.16 bits per heavy atom. The third-order valence-corrected chi connectivity index (χ3v) is 3.30. The van der Waals surface area contributed by atoms with Crippen LogP contribution in [0.4, 0.5) is 4.39 Å². The van der Waals surface area contributed by atoms with Gasteiger partial charge in [-0.1, -0.05) is 23.7 Å². The summed E-state index contributed by atoms with van der Waals surface area (Å²) in [5.41, 5.74) is 2.02. The maximum Gasteiger partial charge on any atom is 0.152 e. The van der Waals surface area contributed by atoms with Crippen LogP contribution in [-0.2, 0) is 0 Å². The lowest BCUT2D eigenvalue weighted by Gasteiger charge is -2.01. The minimum absolute atomic E-state index is 0.372. The quantitative estimate of drug-likeness (QED) is 0.688. The molecule has 2 aromatic carbocycles. The first-order valence-electron chi connectivity index (χ1n) is 5.72. The number of fused-ring (bicyclic) bond motifs is 1. The third kappa shape index (κ3) is 1.92. The molecule has 2 nitrogen and oxygen atoms in total. The van der Waals surface area contributed by atoms with E-state index < -0.39 is 0 Å². The Balaban J connectivity index is 2.36. The summed E-state index contributed by atoms with van der Waals surface area (Å²) in [6.07, 6.45) is 0.719. The molecule has 0 atom stereocenters. The van der Waals surface area contributed by atoms with Gasteiger partial charge < -0.3 is 4.98 Å². The fourth-order valence-electron chi connectivity index (χ4n) is 2.18. The SMILES string of the molecule is O=Cc1c(-c2ccccc2F)[nH]c2ccc(Cl)cc12. The maximum absolute atomic E-state index is 13.8. The van der Waals surface area contributed by atoms with Crippen molar-refractivity contribution in [1.29, 1.82) is 0 Å². The fourth-order valence-corrected chi connectivity index (χ4v) is 2.36. The Kier molecular flexibility index (Phi) is 2.84. The maximum atomic E-state index is 13.8. The Morgan fingerprint density at radius 3 is 2.68 bits per heavy atom. The van der Waals surface area contributed by atoms with Crippen molar-refractivity contribution in [3.63, 3.8) is 0 Å². The number of carbonyl (C=O) groups is 1. The molecule has 0 saturated heterocycles. The number of aromatic amines is 1. The molecule has 0 aliphatic heterocycles. The lowest BCUT2D eigenvalue weighted by molar-refractivity contribution is 0.112. The summed E-state index contributed by atoms with van der Waals surface area (Å²) in [5.74, 6) is -0.372. The van der Waals surface area contributed by atoms with Crippen molar-refractivity contribution in [2.45, 2.75) is 0 Å². The molecule has 3 aromatic rings. The predicted molar refractivity (Wildman–Crippen MR) is 74.1 cm³/mol. The molecule has 0 fully saturated rings. The number of hydrogen-bond donors (Lipinski definition) is 1. The molecule has 1 heterocycles. The first-order valence-corrected chi connectivity index (χ1v) is 6.10. The summed E-state index contributed by atoms with van der Waals surface area (Å²) in [5, 5.41) is 1.23. The second-order valence-corrected chi connectivity index (χ2v) is 4.64. The van der Waals surface area contributed by atoms with Gasteiger partial charge in [0.2, 0.25) is 0 Å². The highest BCUT2D eigenvalue weighted by Gasteiger charge is 2.15. The van der Waals surface area contributed by atoms with E-state index in [2.05, 4.69) is 4.98 Å². The second-order valence-electron chi connectivity index (χ2n) is 4.20. The van der Waals surface area contributed by atoms with Gasteiger partial charge in [-0.05, 0) is 30.3 Å². The van der Waals surface area contributed by atoms with Gasteiger partial charge in [0.05, 0.1) is 5.69 Å². The Morgan fingerprint density at radius 2 is 1.95 bits per heavy atom. The van der Waals surface area contributed by atoms with Crippen LogP contribution in [0, 0.1) is 5.82 Å². The molecule has 0 saturated carbocycles. The van der Waals surface area contributed by atoms with Gasteiger partial charge in [-0.3, -0.25) is 4.79 Å². The molecule has 0 aliphatic carbocycles. The number of hydrogen-bond acceptors (Lipinski definition) is 1. The largest absolute Gasteiger partial charge is 0.354 e. The Bertz CT molecular complexity index is 779. The van der Waals surface area contributed by atoms with Gasteiger partial charge >= 0.3 is 0 Å². The molecule has 0 spiro atoms. The summed E-state index contributed by atoms with van der Waals surface area (Å²) in [4.78, 5) is 14.4. The number of H-pyrrole nitrogens is 1. The first kappa shape index (κ1) is 11.9. The monoisotopic (exact) mass is 273 g/mol.